The molecule has 0 amide bonds. The van der Waals surface area contributed by atoms with E-state index in [0.717, 1.165) is 44.6 Å². The van der Waals surface area contributed by atoms with Gasteiger partial charge in [0.2, 0.25) is 0 Å². The van der Waals surface area contributed by atoms with E-state index in [0.29, 0.717) is 12.5 Å². The van der Waals surface area contributed by atoms with Crippen molar-refractivity contribution >= 4 is 21.5 Å². The first-order valence-electron chi connectivity index (χ1n) is 7.89. The Morgan fingerprint density at radius 1 is 1.55 bits per heavy atom. The van der Waals surface area contributed by atoms with Crippen molar-refractivity contribution in [3.05, 3.63) is 16.1 Å². The lowest BCUT2D eigenvalue weighted by Gasteiger charge is -2.32. The number of likely N-dealkylation sites (tertiary alicyclic amines) is 1. The summed E-state index contributed by atoms with van der Waals surface area (Å²) < 4.78 is 24.4. The second-order valence-corrected chi connectivity index (χ2v) is 8.29. The van der Waals surface area contributed by atoms with Gasteiger partial charge in [-0.15, -0.1) is 11.3 Å². The number of nitrogens with zero attached hydrogens (tertiary/aromatic N) is 2. The predicted molar refractivity (Wildman–Crippen MR) is 89.8 cm³/mol. The number of nitrogens with one attached hydrogen (secondary N) is 1. The van der Waals surface area contributed by atoms with Crippen LogP contribution in [0.5, 0.6) is 0 Å². The van der Waals surface area contributed by atoms with Crippen LogP contribution in [0.25, 0.3) is 0 Å². The average molecular weight is 347 g/mol. The van der Waals surface area contributed by atoms with Gasteiger partial charge in [0.15, 0.2) is 0 Å². The highest BCUT2D eigenvalue weighted by Gasteiger charge is 2.21. The lowest BCUT2D eigenvalue weighted by Crippen LogP contribution is -2.42. The maximum atomic E-state index is 11.0. The summed E-state index contributed by atoms with van der Waals surface area (Å²) in [5, 5.41) is 8.37. The van der Waals surface area contributed by atoms with E-state index in [4.69, 9.17) is 10.1 Å². The van der Waals surface area contributed by atoms with E-state index < -0.39 is 10.2 Å². The van der Waals surface area contributed by atoms with Gasteiger partial charge < -0.3 is 0 Å². The first-order valence-corrected chi connectivity index (χ1v) is 10.3. The lowest BCUT2D eigenvalue weighted by molar-refractivity contribution is 0.167. The zero-order valence-corrected chi connectivity index (χ0v) is 14.8. The molecule has 1 aliphatic rings. The fourth-order valence-corrected chi connectivity index (χ4v) is 4.09. The van der Waals surface area contributed by atoms with Gasteiger partial charge in [-0.05, 0) is 38.1 Å². The molecule has 0 aliphatic carbocycles. The molecule has 0 saturated carbocycles. The van der Waals surface area contributed by atoms with Crippen molar-refractivity contribution in [2.75, 3.05) is 19.6 Å². The summed E-state index contributed by atoms with van der Waals surface area (Å²) in [7, 11) is -3.58. The van der Waals surface area contributed by atoms with E-state index in [9.17, 15) is 8.42 Å². The molecule has 3 N–H and O–H groups in total. The van der Waals surface area contributed by atoms with Crippen molar-refractivity contribution in [1.29, 1.82) is 0 Å². The van der Waals surface area contributed by atoms with Gasteiger partial charge in [-0.25, -0.2) is 14.8 Å². The second-order valence-electron chi connectivity index (χ2n) is 5.97. The molecule has 0 aromatic carbocycles. The Morgan fingerprint density at radius 3 is 3.09 bits per heavy atom. The van der Waals surface area contributed by atoms with Crippen LogP contribution in [0.2, 0.25) is 0 Å². The van der Waals surface area contributed by atoms with Gasteiger partial charge in [-0.2, -0.15) is 8.42 Å². The molecule has 0 bridgehead atoms. The summed E-state index contributed by atoms with van der Waals surface area (Å²) in [4.78, 5) is 7.06. The molecule has 0 radical (unpaired) electrons. The largest absolute Gasteiger partial charge is 0.297 e. The molecule has 1 atom stereocenters. The van der Waals surface area contributed by atoms with Gasteiger partial charge in [-0.3, -0.25) is 4.90 Å². The number of hydrogen-bond acceptors (Lipinski definition) is 5. The van der Waals surface area contributed by atoms with Gasteiger partial charge >= 0.3 is 0 Å². The van der Waals surface area contributed by atoms with E-state index in [1.807, 2.05) is 0 Å². The molecule has 126 valence electrons. The third kappa shape index (κ3) is 6.29. The number of thiazole rings is 1. The SMILES string of the molecule is CCCCc1nc(CN2CCCC(CNS(N)(=O)=O)C2)cs1. The Balaban J connectivity index is 1.81. The molecular formula is C14H26N4O2S2. The molecule has 1 aromatic rings. The normalized spacial score (nSPS) is 20.4. The number of aromatic nitrogens is 1. The predicted octanol–water partition coefficient (Wildman–Crippen LogP) is 1.49. The van der Waals surface area contributed by atoms with Crippen molar-refractivity contribution in [3.8, 4) is 0 Å². The lowest BCUT2D eigenvalue weighted by atomic mass is 9.98. The van der Waals surface area contributed by atoms with Crippen LogP contribution in [-0.2, 0) is 23.2 Å². The Bertz CT molecular complexity index is 559. The van der Waals surface area contributed by atoms with Crippen LogP contribution in [-0.4, -0.2) is 37.9 Å². The molecule has 8 heteroatoms. The van der Waals surface area contributed by atoms with Crippen LogP contribution in [0, 0.1) is 5.92 Å². The maximum absolute atomic E-state index is 11.0. The van der Waals surface area contributed by atoms with Gasteiger partial charge in [0.25, 0.3) is 10.2 Å². The minimum Gasteiger partial charge on any atom is -0.297 e. The molecule has 0 spiro atoms. The zero-order chi connectivity index (χ0) is 16.0. The number of unbranched alkanes of at least 4 members (excludes halogenated alkanes) is 1. The van der Waals surface area contributed by atoms with Crippen molar-refractivity contribution < 1.29 is 8.42 Å². The first kappa shape index (κ1) is 17.8. The summed E-state index contributed by atoms with van der Waals surface area (Å²) in [6, 6.07) is 0. The third-order valence-electron chi connectivity index (χ3n) is 3.91. The molecule has 1 fully saturated rings. The molecule has 22 heavy (non-hydrogen) atoms. The Kier molecular flexibility index (Phi) is 6.76. The topological polar surface area (TPSA) is 88.3 Å². The number of piperidine rings is 1. The van der Waals surface area contributed by atoms with Gasteiger partial charge in [0.1, 0.15) is 0 Å². The minimum absolute atomic E-state index is 0.324. The fraction of sp³-hybridized carbons (Fsp3) is 0.786. The zero-order valence-electron chi connectivity index (χ0n) is 13.1. The molecule has 6 nitrogen and oxygen atoms in total. The molecule has 1 saturated heterocycles. The number of rotatable bonds is 8. The van der Waals surface area contributed by atoms with Gasteiger partial charge in [0.05, 0.1) is 10.7 Å². The molecule has 2 rings (SSSR count). The minimum atomic E-state index is -3.58. The van der Waals surface area contributed by atoms with Crippen molar-refractivity contribution in [2.45, 2.75) is 45.6 Å². The maximum Gasteiger partial charge on any atom is 0.274 e. The van der Waals surface area contributed by atoms with E-state index in [1.54, 1.807) is 11.3 Å². The Hall–Kier alpha value is -0.540. The van der Waals surface area contributed by atoms with E-state index in [-0.39, 0.29) is 0 Å². The van der Waals surface area contributed by atoms with Crippen molar-refractivity contribution in [3.63, 3.8) is 0 Å². The monoisotopic (exact) mass is 346 g/mol. The van der Waals surface area contributed by atoms with Crippen LogP contribution >= 0.6 is 11.3 Å². The number of aryl methyl sites for hydroxylation is 1. The molecule has 1 unspecified atom stereocenters. The highest BCUT2D eigenvalue weighted by molar-refractivity contribution is 7.87. The van der Waals surface area contributed by atoms with Crippen LogP contribution in [0.15, 0.2) is 5.38 Å². The van der Waals surface area contributed by atoms with Crippen molar-refractivity contribution in [2.24, 2.45) is 11.1 Å². The fourth-order valence-electron chi connectivity index (χ4n) is 2.79. The molecule has 1 aromatic heterocycles. The second kappa shape index (κ2) is 8.35. The van der Waals surface area contributed by atoms with Crippen LogP contribution in [0.3, 0.4) is 0 Å². The molecular weight excluding hydrogens is 320 g/mol. The number of hydrogen-bond donors (Lipinski definition) is 2. The first-order chi connectivity index (χ1) is 10.5. The summed E-state index contributed by atoms with van der Waals surface area (Å²) in [6.07, 6.45) is 5.58. The summed E-state index contributed by atoms with van der Waals surface area (Å²) >= 11 is 1.75. The average Bonchev–Trinajstić information content (AvgIpc) is 2.90. The van der Waals surface area contributed by atoms with Crippen LogP contribution in [0.1, 0.15) is 43.3 Å². The Labute approximate surface area is 137 Å². The van der Waals surface area contributed by atoms with E-state index in [1.165, 1.54) is 17.8 Å². The van der Waals surface area contributed by atoms with Crippen LogP contribution in [0.4, 0.5) is 0 Å². The van der Waals surface area contributed by atoms with Gasteiger partial charge in [0, 0.05) is 25.0 Å². The third-order valence-corrected chi connectivity index (χ3v) is 5.43. The van der Waals surface area contributed by atoms with E-state index in [2.05, 4.69) is 21.9 Å². The number of nitrogens with two attached hydrogens (primary N) is 1. The van der Waals surface area contributed by atoms with Crippen molar-refractivity contribution in [1.82, 2.24) is 14.6 Å². The highest BCUT2D eigenvalue weighted by Crippen LogP contribution is 2.20. The van der Waals surface area contributed by atoms with E-state index >= 15 is 0 Å². The standard InChI is InChI=1S/C14H26N4O2S2/c1-2-3-6-14-17-13(11-21-14)10-18-7-4-5-12(9-18)8-16-22(15,19)20/h11-12,16H,2-10H2,1H3,(H2,15,19,20). The summed E-state index contributed by atoms with van der Waals surface area (Å²) in [5.74, 6) is 0.324. The summed E-state index contributed by atoms with van der Waals surface area (Å²) in [6.45, 7) is 5.42. The summed E-state index contributed by atoms with van der Waals surface area (Å²) in [5.41, 5.74) is 1.14. The Morgan fingerprint density at radius 2 is 2.36 bits per heavy atom. The quantitative estimate of drug-likeness (QED) is 0.746. The van der Waals surface area contributed by atoms with Crippen LogP contribution < -0.4 is 9.86 Å². The molecule has 2 heterocycles. The molecule has 1 aliphatic heterocycles. The van der Waals surface area contributed by atoms with Gasteiger partial charge in [-0.1, -0.05) is 13.3 Å². The smallest absolute Gasteiger partial charge is 0.274 e. The highest BCUT2D eigenvalue weighted by atomic mass is 32.2.